The van der Waals surface area contributed by atoms with Crippen molar-refractivity contribution in [2.24, 2.45) is 0 Å². The van der Waals surface area contributed by atoms with Crippen molar-refractivity contribution in [3.63, 3.8) is 0 Å². The number of nitrogens with two attached hydrogens (primary N) is 1. The van der Waals surface area contributed by atoms with E-state index in [0.717, 1.165) is 30.5 Å². The number of nitrogens with zero attached hydrogens (tertiary/aromatic N) is 2. The lowest BCUT2D eigenvalue weighted by molar-refractivity contribution is 0.447. The lowest BCUT2D eigenvalue weighted by atomic mass is 10.2. The minimum absolute atomic E-state index is 0.0385. The number of hydrogen-bond acceptors (Lipinski definition) is 3. The van der Waals surface area contributed by atoms with Crippen LogP contribution in [0.2, 0.25) is 0 Å². The molecule has 6 heteroatoms. The average molecular weight is 446 g/mol. The van der Waals surface area contributed by atoms with Crippen LogP contribution in [0.1, 0.15) is 24.4 Å². The van der Waals surface area contributed by atoms with Crippen LogP contribution in [0.3, 0.4) is 0 Å². The Morgan fingerprint density at radius 3 is 2.80 bits per heavy atom. The van der Waals surface area contributed by atoms with Crippen molar-refractivity contribution in [1.29, 1.82) is 0 Å². The lowest BCUT2D eigenvalue weighted by Crippen LogP contribution is -2.11. The zero-order valence-corrected chi connectivity index (χ0v) is 14.8. The molecule has 0 aliphatic heterocycles. The Morgan fingerprint density at radius 2 is 2.15 bits per heavy atom. The number of aromatic nitrogens is 2. The maximum absolute atomic E-state index is 6.10. The molecule has 0 saturated carbocycles. The van der Waals surface area contributed by atoms with Crippen LogP contribution in [0.15, 0.2) is 33.2 Å². The summed E-state index contributed by atoms with van der Waals surface area (Å²) in [5.41, 5.74) is 7.91. The van der Waals surface area contributed by atoms with E-state index >= 15 is 0 Å². The molecule has 0 aliphatic carbocycles. The monoisotopic (exact) mass is 445 g/mol. The highest BCUT2D eigenvalue weighted by molar-refractivity contribution is 14.1. The molecule has 0 amide bonds. The first-order valence-corrected chi connectivity index (χ1v) is 8.03. The fourth-order valence-corrected chi connectivity index (χ4v) is 2.94. The lowest BCUT2D eigenvalue weighted by Gasteiger charge is -2.10. The van der Waals surface area contributed by atoms with Crippen molar-refractivity contribution >= 4 is 55.3 Å². The van der Waals surface area contributed by atoms with Crippen molar-refractivity contribution < 1.29 is 4.42 Å². The smallest absolute Gasteiger partial charge is 0.136 e. The molecule has 3 rings (SSSR count). The molecular formula is C14H13BrIN3O. The Labute approximate surface area is 138 Å². The van der Waals surface area contributed by atoms with Gasteiger partial charge in [0.2, 0.25) is 0 Å². The fourth-order valence-electron chi connectivity index (χ4n) is 2.20. The van der Waals surface area contributed by atoms with Crippen molar-refractivity contribution in [3.8, 4) is 0 Å². The number of fused-ring (bicyclic) bond motifs is 1. The first-order chi connectivity index (χ1) is 9.47. The first-order valence-electron chi connectivity index (χ1n) is 6.16. The van der Waals surface area contributed by atoms with Crippen LogP contribution in [-0.2, 0) is 0 Å². The van der Waals surface area contributed by atoms with Crippen LogP contribution in [0.25, 0.3) is 11.0 Å². The summed E-state index contributed by atoms with van der Waals surface area (Å²) in [7, 11) is 0. The largest absolute Gasteiger partial charge is 0.459 e. The molecule has 4 nitrogen and oxygen atoms in total. The van der Waals surface area contributed by atoms with Crippen molar-refractivity contribution in [3.05, 3.63) is 43.8 Å². The van der Waals surface area contributed by atoms with Gasteiger partial charge in [0.05, 0.1) is 9.26 Å². The molecule has 0 bridgehead atoms. The Kier molecular flexibility index (Phi) is 3.53. The summed E-state index contributed by atoms with van der Waals surface area (Å²) in [6.45, 7) is 3.99. The third kappa shape index (κ3) is 2.24. The fraction of sp³-hybridized carbons (Fsp3) is 0.214. The van der Waals surface area contributed by atoms with E-state index in [9.17, 15) is 0 Å². The third-order valence-corrected chi connectivity index (χ3v) is 5.15. The number of furan rings is 1. The van der Waals surface area contributed by atoms with E-state index in [-0.39, 0.29) is 6.04 Å². The second kappa shape index (κ2) is 5.07. The normalized spacial score (nSPS) is 13.0. The summed E-state index contributed by atoms with van der Waals surface area (Å²) in [5, 5.41) is 5.56. The van der Waals surface area contributed by atoms with Gasteiger partial charge in [0, 0.05) is 9.86 Å². The molecule has 0 spiro atoms. The average Bonchev–Trinajstić information content (AvgIpc) is 2.94. The summed E-state index contributed by atoms with van der Waals surface area (Å²) >= 11 is 5.68. The van der Waals surface area contributed by atoms with E-state index in [1.54, 1.807) is 0 Å². The summed E-state index contributed by atoms with van der Waals surface area (Å²) in [4.78, 5) is 0. The Morgan fingerprint density at radius 1 is 1.40 bits per heavy atom. The SMILES string of the molecule is Cc1nn(C(C)c2cc3cc(Br)ccc3o2)c(N)c1I. The highest BCUT2D eigenvalue weighted by Gasteiger charge is 2.19. The number of rotatable bonds is 2. The molecule has 0 radical (unpaired) electrons. The van der Waals surface area contributed by atoms with Gasteiger partial charge in [-0.15, -0.1) is 0 Å². The van der Waals surface area contributed by atoms with Crippen molar-refractivity contribution in [2.75, 3.05) is 5.73 Å². The molecule has 1 atom stereocenters. The minimum Gasteiger partial charge on any atom is -0.459 e. The van der Waals surface area contributed by atoms with E-state index in [0.29, 0.717) is 5.82 Å². The van der Waals surface area contributed by atoms with Gasteiger partial charge in [-0.25, -0.2) is 4.68 Å². The topological polar surface area (TPSA) is 57.0 Å². The Hall–Kier alpha value is -1.02. The molecule has 2 aromatic heterocycles. The maximum atomic E-state index is 6.10. The van der Waals surface area contributed by atoms with Gasteiger partial charge in [0.25, 0.3) is 0 Å². The molecule has 1 aromatic carbocycles. The van der Waals surface area contributed by atoms with Gasteiger partial charge in [-0.1, -0.05) is 15.9 Å². The number of halogens is 2. The first kappa shape index (κ1) is 13.9. The Bertz CT molecular complexity index is 793. The molecule has 0 saturated heterocycles. The van der Waals surface area contributed by atoms with Gasteiger partial charge in [0.1, 0.15) is 23.2 Å². The zero-order chi connectivity index (χ0) is 14.4. The van der Waals surface area contributed by atoms with Crippen LogP contribution in [0.4, 0.5) is 5.82 Å². The maximum Gasteiger partial charge on any atom is 0.136 e. The molecular weight excluding hydrogens is 433 g/mol. The highest BCUT2D eigenvalue weighted by atomic mass is 127. The number of nitrogen functional groups attached to an aromatic ring is 1. The quantitative estimate of drug-likeness (QED) is 0.591. The van der Waals surface area contributed by atoms with Gasteiger partial charge in [0.15, 0.2) is 0 Å². The molecule has 0 fully saturated rings. The molecule has 1 unspecified atom stereocenters. The van der Waals surface area contributed by atoms with Gasteiger partial charge >= 0.3 is 0 Å². The van der Waals surface area contributed by atoms with Gasteiger partial charge in [-0.05, 0) is 60.7 Å². The second-order valence-electron chi connectivity index (χ2n) is 4.74. The van der Waals surface area contributed by atoms with Crippen LogP contribution in [-0.4, -0.2) is 9.78 Å². The molecule has 0 aliphatic rings. The minimum atomic E-state index is -0.0385. The molecule has 2 heterocycles. The summed E-state index contributed by atoms with van der Waals surface area (Å²) in [6, 6.07) is 7.96. The zero-order valence-electron chi connectivity index (χ0n) is 11.0. The second-order valence-corrected chi connectivity index (χ2v) is 6.73. The van der Waals surface area contributed by atoms with Crippen LogP contribution >= 0.6 is 38.5 Å². The summed E-state index contributed by atoms with van der Waals surface area (Å²) in [6.07, 6.45) is 0. The van der Waals surface area contributed by atoms with E-state index in [4.69, 9.17) is 10.2 Å². The van der Waals surface area contributed by atoms with Crippen molar-refractivity contribution in [2.45, 2.75) is 19.9 Å². The van der Waals surface area contributed by atoms with Crippen LogP contribution in [0.5, 0.6) is 0 Å². The number of benzene rings is 1. The predicted molar refractivity (Wildman–Crippen MR) is 91.8 cm³/mol. The standard InChI is InChI=1S/C14H13BrIN3O/c1-7-13(16)14(17)19(18-7)8(2)12-6-9-5-10(15)3-4-11(9)20-12/h3-6,8H,17H2,1-2H3. The molecule has 2 N–H and O–H groups in total. The van der Waals surface area contributed by atoms with E-state index in [1.165, 1.54) is 0 Å². The van der Waals surface area contributed by atoms with E-state index in [1.807, 2.05) is 42.8 Å². The van der Waals surface area contributed by atoms with Crippen LogP contribution < -0.4 is 5.73 Å². The molecule has 104 valence electrons. The van der Waals surface area contributed by atoms with Gasteiger partial charge < -0.3 is 10.2 Å². The predicted octanol–water partition coefficient (Wildman–Crippen LogP) is 4.50. The summed E-state index contributed by atoms with van der Waals surface area (Å²) < 4.78 is 9.74. The molecule has 3 aromatic rings. The molecule has 20 heavy (non-hydrogen) atoms. The van der Waals surface area contributed by atoms with Crippen molar-refractivity contribution in [1.82, 2.24) is 9.78 Å². The number of anilines is 1. The number of hydrogen-bond donors (Lipinski definition) is 1. The van der Waals surface area contributed by atoms with E-state index < -0.39 is 0 Å². The third-order valence-electron chi connectivity index (χ3n) is 3.32. The van der Waals surface area contributed by atoms with Gasteiger partial charge in [-0.3, -0.25) is 0 Å². The summed E-state index contributed by atoms with van der Waals surface area (Å²) in [5.74, 6) is 1.53. The van der Waals surface area contributed by atoms with E-state index in [2.05, 4.69) is 43.6 Å². The van der Waals surface area contributed by atoms with Gasteiger partial charge in [-0.2, -0.15) is 5.10 Å². The van der Waals surface area contributed by atoms with Crippen LogP contribution in [0, 0.1) is 10.5 Å². The highest BCUT2D eigenvalue weighted by Crippen LogP contribution is 2.30. The Balaban J connectivity index is 2.07. The number of aryl methyl sites for hydroxylation is 1.